The molecule has 2 aromatic carbocycles. The highest BCUT2D eigenvalue weighted by atomic mass is 14.9. The number of fused-ring (bicyclic) bond motifs is 1. The summed E-state index contributed by atoms with van der Waals surface area (Å²) in [6.45, 7) is 2.11. The number of rotatable bonds is 5. The maximum atomic E-state index is 3.49. The van der Waals surface area contributed by atoms with Gasteiger partial charge in [0.2, 0.25) is 0 Å². The van der Waals surface area contributed by atoms with Gasteiger partial charge in [-0.05, 0) is 49.2 Å². The molecular formula is C18H22N2. The van der Waals surface area contributed by atoms with Crippen LogP contribution in [0.1, 0.15) is 29.0 Å². The molecule has 0 fully saturated rings. The fourth-order valence-corrected chi connectivity index (χ4v) is 3.03. The Hall–Kier alpha value is -1.80. The molecule has 1 atom stereocenters. The summed E-state index contributed by atoms with van der Waals surface area (Å²) in [5, 5.41) is 6.76. The largest absolute Gasteiger partial charge is 0.384 e. The first-order valence-electron chi connectivity index (χ1n) is 7.44. The summed E-state index contributed by atoms with van der Waals surface area (Å²) in [5.74, 6) is 0.469. The molecule has 104 valence electrons. The SMILES string of the molecule is CNCCC(c1ccccc1)c1ccc2c(c1)NCC2. The van der Waals surface area contributed by atoms with Crippen LogP contribution in [0.3, 0.4) is 0 Å². The lowest BCUT2D eigenvalue weighted by Gasteiger charge is -2.19. The van der Waals surface area contributed by atoms with Gasteiger partial charge in [-0.3, -0.25) is 0 Å². The van der Waals surface area contributed by atoms with Crippen LogP contribution in [0, 0.1) is 0 Å². The lowest BCUT2D eigenvalue weighted by molar-refractivity contribution is 0.662. The van der Waals surface area contributed by atoms with Crippen molar-refractivity contribution in [3.8, 4) is 0 Å². The highest BCUT2D eigenvalue weighted by Gasteiger charge is 2.17. The van der Waals surface area contributed by atoms with Crippen LogP contribution in [0.5, 0.6) is 0 Å². The molecule has 1 unspecified atom stereocenters. The molecule has 20 heavy (non-hydrogen) atoms. The van der Waals surface area contributed by atoms with Crippen molar-refractivity contribution in [2.45, 2.75) is 18.8 Å². The molecule has 0 bridgehead atoms. The van der Waals surface area contributed by atoms with E-state index in [1.165, 1.54) is 22.4 Å². The molecule has 2 aromatic rings. The lowest BCUT2D eigenvalue weighted by Crippen LogP contribution is -2.13. The predicted octanol–water partition coefficient (Wildman–Crippen LogP) is 3.40. The van der Waals surface area contributed by atoms with Crippen LogP contribution in [-0.2, 0) is 6.42 Å². The summed E-state index contributed by atoms with van der Waals surface area (Å²) in [6.07, 6.45) is 2.28. The van der Waals surface area contributed by atoms with Gasteiger partial charge in [0.05, 0.1) is 0 Å². The highest BCUT2D eigenvalue weighted by Crippen LogP contribution is 2.32. The van der Waals surface area contributed by atoms with E-state index < -0.39 is 0 Å². The zero-order valence-corrected chi connectivity index (χ0v) is 12.0. The summed E-state index contributed by atoms with van der Waals surface area (Å²) in [6, 6.07) is 17.8. The molecule has 0 aromatic heterocycles. The fourth-order valence-electron chi connectivity index (χ4n) is 3.03. The number of anilines is 1. The maximum absolute atomic E-state index is 3.49. The van der Waals surface area contributed by atoms with Crippen molar-refractivity contribution in [2.75, 3.05) is 25.5 Å². The minimum atomic E-state index is 0.469. The van der Waals surface area contributed by atoms with Gasteiger partial charge in [-0.2, -0.15) is 0 Å². The van der Waals surface area contributed by atoms with E-state index in [0.29, 0.717) is 5.92 Å². The summed E-state index contributed by atoms with van der Waals surface area (Å²) in [7, 11) is 2.02. The van der Waals surface area contributed by atoms with Gasteiger partial charge in [-0.15, -0.1) is 0 Å². The topological polar surface area (TPSA) is 24.1 Å². The molecule has 0 spiro atoms. The quantitative estimate of drug-likeness (QED) is 0.866. The number of nitrogens with one attached hydrogen (secondary N) is 2. The molecular weight excluding hydrogens is 244 g/mol. The van der Waals surface area contributed by atoms with Gasteiger partial charge in [0.25, 0.3) is 0 Å². The Morgan fingerprint density at radius 2 is 1.95 bits per heavy atom. The van der Waals surface area contributed by atoms with Gasteiger partial charge >= 0.3 is 0 Å². The van der Waals surface area contributed by atoms with Crippen molar-refractivity contribution in [2.24, 2.45) is 0 Å². The Bertz CT molecular complexity index is 563. The van der Waals surface area contributed by atoms with Crippen LogP contribution in [-0.4, -0.2) is 20.1 Å². The molecule has 1 aliphatic rings. The Morgan fingerprint density at radius 3 is 2.75 bits per heavy atom. The number of hydrogen-bond acceptors (Lipinski definition) is 2. The van der Waals surface area contributed by atoms with E-state index >= 15 is 0 Å². The average Bonchev–Trinajstić information content (AvgIpc) is 2.96. The van der Waals surface area contributed by atoms with Crippen LogP contribution in [0.2, 0.25) is 0 Å². The first-order chi connectivity index (χ1) is 9.88. The maximum Gasteiger partial charge on any atom is 0.0376 e. The molecule has 1 heterocycles. The second-order valence-electron chi connectivity index (χ2n) is 5.45. The van der Waals surface area contributed by atoms with E-state index in [9.17, 15) is 0 Å². The van der Waals surface area contributed by atoms with Crippen molar-refractivity contribution >= 4 is 5.69 Å². The van der Waals surface area contributed by atoms with Crippen molar-refractivity contribution in [1.82, 2.24) is 5.32 Å². The lowest BCUT2D eigenvalue weighted by atomic mass is 9.87. The van der Waals surface area contributed by atoms with E-state index in [2.05, 4.69) is 59.2 Å². The minimum absolute atomic E-state index is 0.469. The van der Waals surface area contributed by atoms with E-state index in [1.807, 2.05) is 7.05 Å². The molecule has 0 amide bonds. The van der Waals surface area contributed by atoms with Gasteiger partial charge in [-0.25, -0.2) is 0 Å². The molecule has 0 saturated heterocycles. The first-order valence-corrected chi connectivity index (χ1v) is 7.44. The normalized spacial score (nSPS) is 14.7. The van der Waals surface area contributed by atoms with E-state index in [0.717, 1.165) is 25.9 Å². The molecule has 2 nitrogen and oxygen atoms in total. The number of hydrogen-bond donors (Lipinski definition) is 2. The second-order valence-corrected chi connectivity index (χ2v) is 5.45. The second kappa shape index (κ2) is 6.10. The number of benzene rings is 2. The molecule has 2 heteroatoms. The molecule has 0 aliphatic carbocycles. The Morgan fingerprint density at radius 1 is 1.10 bits per heavy atom. The smallest absolute Gasteiger partial charge is 0.0376 e. The van der Waals surface area contributed by atoms with Crippen LogP contribution in [0.25, 0.3) is 0 Å². The highest BCUT2D eigenvalue weighted by molar-refractivity contribution is 5.58. The third-order valence-corrected chi connectivity index (χ3v) is 4.13. The Labute approximate surface area is 121 Å². The Kier molecular flexibility index (Phi) is 4.03. The summed E-state index contributed by atoms with van der Waals surface area (Å²) >= 11 is 0. The third-order valence-electron chi connectivity index (χ3n) is 4.13. The molecule has 0 saturated carbocycles. The van der Waals surface area contributed by atoms with Crippen LogP contribution in [0.4, 0.5) is 5.69 Å². The fraction of sp³-hybridized carbons (Fsp3) is 0.333. The first kappa shape index (κ1) is 13.2. The van der Waals surface area contributed by atoms with Crippen LogP contribution >= 0.6 is 0 Å². The van der Waals surface area contributed by atoms with Crippen LogP contribution in [0.15, 0.2) is 48.5 Å². The minimum Gasteiger partial charge on any atom is -0.384 e. The summed E-state index contributed by atoms with van der Waals surface area (Å²) < 4.78 is 0. The standard InChI is InChI=1S/C18H22N2/c1-19-11-10-17(14-5-3-2-4-6-14)16-8-7-15-9-12-20-18(15)13-16/h2-8,13,17,19-20H,9-12H2,1H3. The van der Waals surface area contributed by atoms with Gasteiger partial charge in [-0.1, -0.05) is 42.5 Å². The summed E-state index contributed by atoms with van der Waals surface area (Å²) in [5.41, 5.74) is 5.60. The van der Waals surface area contributed by atoms with Crippen molar-refractivity contribution < 1.29 is 0 Å². The van der Waals surface area contributed by atoms with E-state index in [1.54, 1.807) is 0 Å². The van der Waals surface area contributed by atoms with Gasteiger partial charge < -0.3 is 10.6 Å². The van der Waals surface area contributed by atoms with Crippen molar-refractivity contribution in [1.29, 1.82) is 0 Å². The van der Waals surface area contributed by atoms with Gasteiger partial charge in [0.15, 0.2) is 0 Å². The monoisotopic (exact) mass is 266 g/mol. The molecule has 0 radical (unpaired) electrons. The van der Waals surface area contributed by atoms with Gasteiger partial charge in [0.1, 0.15) is 0 Å². The zero-order valence-electron chi connectivity index (χ0n) is 12.0. The third kappa shape index (κ3) is 2.70. The van der Waals surface area contributed by atoms with Crippen LogP contribution < -0.4 is 10.6 Å². The zero-order chi connectivity index (χ0) is 13.8. The van der Waals surface area contributed by atoms with Crippen molar-refractivity contribution in [3.63, 3.8) is 0 Å². The van der Waals surface area contributed by atoms with Crippen molar-refractivity contribution in [3.05, 3.63) is 65.2 Å². The van der Waals surface area contributed by atoms with E-state index in [4.69, 9.17) is 0 Å². The van der Waals surface area contributed by atoms with Gasteiger partial charge in [0, 0.05) is 18.2 Å². The average molecular weight is 266 g/mol. The van der Waals surface area contributed by atoms with E-state index in [-0.39, 0.29) is 0 Å². The molecule has 1 aliphatic heterocycles. The predicted molar refractivity (Wildman–Crippen MR) is 85.5 cm³/mol. The Balaban J connectivity index is 1.92. The summed E-state index contributed by atoms with van der Waals surface area (Å²) in [4.78, 5) is 0. The molecule has 2 N–H and O–H groups in total. The molecule has 3 rings (SSSR count).